The molecule has 3 aromatic heterocycles. The van der Waals surface area contributed by atoms with Gasteiger partial charge in [0.15, 0.2) is 5.82 Å². The third-order valence-electron chi connectivity index (χ3n) is 6.61. The van der Waals surface area contributed by atoms with E-state index in [1.54, 1.807) is 18.2 Å². The van der Waals surface area contributed by atoms with Gasteiger partial charge < -0.3 is 4.74 Å². The molecule has 0 fully saturated rings. The molecule has 0 saturated carbocycles. The zero-order chi connectivity index (χ0) is 28.5. The lowest BCUT2D eigenvalue weighted by Gasteiger charge is -2.10. The molecular weight excluding hydrogens is 577 g/mol. The Balaban J connectivity index is 1.43. The minimum atomic E-state index is -0.261. The van der Waals surface area contributed by atoms with Gasteiger partial charge in [-0.2, -0.15) is 14.6 Å². The van der Waals surface area contributed by atoms with Gasteiger partial charge in [0.05, 0.1) is 21.8 Å². The van der Waals surface area contributed by atoms with Gasteiger partial charge in [0.25, 0.3) is 5.56 Å². The van der Waals surface area contributed by atoms with Crippen molar-refractivity contribution in [3.05, 3.63) is 109 Å². The predicted molar refractivity (Wildman–Crippen MR) is 166 cm³/mol. The molecule has 0 radical (unpaired) electrons. The number of para-hydroxylation sites is 1. The van der Waals surface area contributed by atoms with Gasteiger partial charge in [-0.1, -0.05) is 66.1 Å². The monoisotopic (exact) mass is 601 g/mol. The van der Waals surface area contributed by atoms with E-state index in [4.69, 9.17) is 33.0 Å². The Morgan fingerprint density at radius 1 is 1.02 bits per heavy atom. The Bertz CT molecular complexity index is 1980. The smallest absolute Gasteiger partial charge is 0.291 e. The number of ether oxygens (including phenoxy) is 1. The third kappa shape index (κ3) is 5.51. The van der Waals surface area contributed by atoms with E-state index in [0.29, 0.717) is 37.5 Å². The van der Waals surface area contributed by atoms with Crippen LogP contribution in [0.4, 0.5) is 0 Å². The molecule has 3 aromatic carbocycles. The largest absolute Gasteiger partial charge is 0.493 e. The normalized spacial score (nSPS) is 12.0. The number of nitrogens with zero attached hydrogens (tertiary/aromatic N) is 5. The Labute approximate surface area is 250 Å². The van der Waals surface area contributed by atoms with Crippen LogP contribution in [0, 0.1) is 6.92 Å². The van der Waals surface area contributed by atoms with Crippen LogP contribution >= 0.6 is 34.5 Å². The van der Waals surface area contributed by atoms with Crippen molar-refractivity contribution in [2.75, 3.05) is 6.61 Å². The van der Waals surface area contributed by atoms with Crippen molar-refractivity contribution in [1.29, 1.82) is 0 Å². The second-order valence-corrected chi connectivity index (χ2v) is 11.4. The number of benzene rings is 3. The van der Waals surface area contributed by atoms with Gasteiger partial charge in [-0.15, -0.1) is 5.10 Å². The summed E-state index contributed by atoms with van der Waals surface area (Å²) in [6.45, 7) is 4.86. The fourth-order valence-electron chi connectivity index (χ4n) is 4.48. The average molecular weight is 603 g/mol. The second kappa shape index (κ2) is 11.5. The third-order valence-corrected chi connectivity index (χ3v) is 8.11. The van der Waals surface area contributed by atoms with Crippen LogP contribution in [-0.2, 0) is 0 Å². The van der Waals surface area contributed by atoms with E-state index >= 15 is 0 Å². The van der Waals surface area contributed by atoms with Crippen LogP contribution in [0.15, 0.2) is 77.7 Å². The van der Waals surface area contributed by atoms with Crippen LogP contribution in [0.2, 0.25) is 10.0 Å². The summed E-state index contributed by atoms with van der Waals surface area (Å²) in [6.07, 6.45) is 5.86. The first kappa shape index (κ1) is 27.2. The fraction of sp³-hybridized carbons (Fsp3) is 0.161. The molecule has 0 spiro atoms. The van der Waals surface area contributed by atoms with Crippen molar-refractivity contribution < 1.29 is 4.74 Å². The van der Waals surface area contributed by atoms with Crippen molar-refractivity contribution in [2.24, 2.45) is 0 Å². The molecule has 7 nitrogen and oxygen atoms in total. The first-order chi connectivity index (χ1) is 19.9. The maximum Gasteiger partial charge on any atom is 0.291 e. The molecule has 10 heteroatoms. The van der Waals surface area contributed by atoms with Crippen LogP contribution in [0.1, 0.15) is 30.9 Å². The average Bonchev–Trinajstić information content (AvgIpc) is 3.65. The van der Waals surface area contributed by atoms with E-state index in [0.717, 1.165) is 46.7 Å². The zero-order valence-corrected chi connectivity index (χ0v) is 24.7. The highest BCUT2D eigenvalue weighted by Gasteiger charge is 2.17. The van der Waals surface area contributed by atoms with Crippen LogP contribution in [0.5, 0.6) is 5.75 Å². The topological polar surface area (TPSA) is 74.3 Å². The molecule has 0 amide bonds. The van der Waals surface area contributed by atoms with Crippen molar-refractivity contribution in [1.82, 2.24) is 24.4 Å². The first-order valence-corrected chi connectivity index (χ1v) is 14.7. The standard InChI is InChI=1S/C31H25Cl2N5O2S/c1-3-4-14-40-26-13-10-20(15-19(26)2)28-21(18-37(35-28)23-8-6-5-7-9-23)16-27-30(39)38-31(41-27)34-29(36-38)24-12-11-22(32)17-25(24)33/h5-13,15-18H,3-4,14H2,1-2H3/b27-16+. The fourth-order valence-corrected chi connectivity index (χ4v) is 5.87. The summed E-state index contributed by atoms with van der Waals surface area (Å²) in [5.74, 6) is 1.23. The Kier molecular flexibility index (Phi) is 7.62. The minimum Gasteiger partial charge on any atom is -0.493 e. The molecule has 206 valence electrons. The molecule has 0 unspecified atom stereocenters. The van der Waals surface area contributed by atoms with Crippen molar-refractivity contribution >= 4 is 45.6 Å². The zero-order valence-electron chi connectivity index (χ0n) is 22.3. The first-order valence-electron chi connectivity index (χ1n) is 13.2. The molecule has 0 atom stereocenters. The molecule has 41 heavy (non-hydrogen) atoms. The van der Waals surface area contributed by atoms with E-state index in [1.165, 1.54) is 15.9 Å². The maximum atomic E-state index is 13.4. The van der Waals surface area contributed by atoms with E-state index in [1.807, 2.05) is 66.3 Å². The molecule has 0 aliphatic rings. The van der Waals surface area contributed by atoms with Gasteiger partial charge in [-0.25, -0.2) is 4.68 Å². The molecule has 0 aliphatic carbocycles. The van der Waals surface area contributed by atoms with Crippen LogP contribution in [0.25, 0.3) is 39.4 Å². The SMILES string of the molecule is CCCCOc1ccc(-c2nn(-c3ccccc3)cc2/C=c2/sc3nc(-c4ccc(Cl)cc4Cl)nn3c2=O)cc1C. The van der Waals surface area contributed by atoms with Crippen molar-refractivity contribution in [3.63, 3.8) is 0 Å². The summed E-state index contributed by atoms with van der Waals surface area (Å²) < 4.78 is 9.59. The molecule has 0 N–H and O–H groups in total. The van der Waals surface area contributed by atoms with Gasteiger partial charge in [-0.3, -0.25) is 4.79 Å². The van der Waals surface area contributed by atoms with Crippen molar-refractivity contribution in [2.45, 2.75) is 26.7 Å². The lowest BCUT2D eigenvalue weighted by Crippen LogP contribution is -2.23. The number of halogens is 2. The second-order valence-electron chi connectivity index (χ2n) is 9.57. The summed E-state index contributed by atoms with van der Waals surface area (Å²) in [5.41, 5.74) is 4.77. The number of unbranched alkanes of at least 4 members (excludes halogenated alkanes) is 1. The van der Waals surface area contributed by atoms with E-state index in [-0.39, 0.29) is 5.56 Å². The van der Waals surface area contributed by atoms with E-state index in [2.05, 4.69) is 23.1 Å². The molecule has 6 rings (SSSR count). The Hall–Kier alpha value is -3.98. The quantitative estimate of drug-likeness (QED) is 0.175. The van der Waals surface area contributed by atoms with E-state index in [9.17, 15) is 4.79 Å². The number of aryl methyl sites for hydroxylation is 1. The number of hydrogen-bond acceptors (Lipinski definition) is 6. The molecule has 3 heterocycles. The molecule has 0 bridgehead atoms. The lowest BCUT2D eigenvalue weighted by molar-refractivity contribution is 0.307. The lowest BCUT2D eigenvalue weighted by atomic mass is 10.0. The highest BCUT2D eigenvalue weighted by Crippen LogP contribution is 2.30. The summed E-state index contributed by atoms with van der Waals surface area (Å²) in [7, 11) is 0. The molecule has 0 aliphatic heterocycles. The number of aromatic nitrogens is 5. The summed E-state index contributed by atoms with van der Waals surface area (Å²) in [5, 5.41) is 10.3. The van der Waals surface area contributed by atoms with Gasteiger partial charge in [0.2, 0.25) is 4.96 Å². The molecule has 0 saturated heterocycles. The molecular formula is C31H25Cl2N5O2S. The minimum absolute atomic E-state index is 0.261. The number of fused-ring (bicyclic) bond motifs is 1. The highest BCUT2D eigenvalue weighted by molar-refractivity contribution is 7.15. The van der Waals surface area contributed by atoms with Crippen molar-refractivity contribution in [3.8, 4) is 34.1 Å². The Morgan fingerprint density at radius 2 is 1.85 bits per heavy atom. The van der Waals surface area contributed by atoms with Crippen LogP contribution in [0.3, 0.4) is 0 Å². The van der Waals surface area contributed by atoms with Gasteiger partial charge >= 0.3 is 0 Å². The van der Waals surface area contributed by atoms with Crippen LogP contribution < -0.4 is 14.8 Å². The van der Waals surface area contributed by atoms with E-state index < -0.39 is 0 Å². The van der Waals surface area contributed by atoms with Gasteiger partial charge in [-0.05, 0) is 73.5 Å². The molecule has 6 aromatic rings. The Morgan fingerprint density at radius 3 is 2.59 bits per heavy atom. The number of thiazole rings is 1. The highest BCUT2D eigenvalue weighted by atomic mass is 35.5. The van der Waals surface area contributed by atoms with Gasteiger partial charge in [0, 0.05) is 27.9 Å². The van der Waals surface area contributed by atoms with Crippen LogP contribution in [-0.4, -0.2) is 31.0 Å². The predicted octanol–water partition coefficient (Wildman–Crippen LogP) is 7.01. The summed E-state index contributed by atoms with van der Waals surface area (Å²) in [4.78, 5) is 18.5. The van der Waals surface area contributed by atoms with Gasteiger partial charge in [0.1, 0.15) is 11.4 Å². The maximum absolute atomic E-state index is 13.4. The number of hydrogen-bond donors (Lipinski definition) is 0. The number of rotatable bonds is 8. The summed E-state index contributed by atoms with van der Waals surface area (Å²) >= 11 is 13.6. The summed E-state index contributed by atoms with van der Waals surface area (Å²) in [6, 6.07) is 21.0.